The predicted molar refractivity (Wildman–Crippen MR) is 118 cm³/mol. The van der Waals surface area contributed by atoms with E-state index < -0.39 is 10.0 Å². The van der Waals surface area contributed by atoms with Crippen LogP contribution in [-0.2, 0) is 10.0 Å². The summed E-state index contributed by atoms with van der Waals surface area (Å²) in [6.45, 7) is 1.48. The van der Waals surface area contributed by atoms with Crippen LogP contribution in [0.25, 0.3) is 10.6 Å². The normalized spacial score (nSPS) is 15.7. The highest BCUT2D eigenvalue weighted by Crippen LogP contribution is 2.26. The number of piperidine rings is 1. The summed E-state index contributed by atoms with van der Waals surface area (Å²) >= 11 is 1.37. The SMILES string of the molecule is O=C(NCC1CCN(S(=O)(=O)c2ccccc2)CC1)c1cnc(-c2ccccc2)s1. The smallest absolute Gasteiger partial charge is 0.263 e. The summed E-state index contributed by atoms with van der Waals surface area (Å²) in [5.74, 6) is 0.131. The molecular weight excluding hydrogens is 418 g/mol. The summed E-state index contributed by atoms with van der Waals surface area (Å²) in [7, 11) is -3.44. The third kappa shape index (κ3) is 4.61. The van der Waals surface area contributed by atoms with E-state index >= 15 is 0 Å². The van der Waals surface area contributed by atoms with Crippen molar-refractivity contribution in [2.75, 3.05) is 19.6 Å². The lowest BCUT2D eigenvalue weighted by atomic mass is 9.98. The highest BCUT2D eigenvalue weighted by atomic mass is 32.2. The van der Waals surface area contributed by atoms with E-state index in [2.05, 4.69) is 10.3 Å². The van der Waals surface area contributed by atoms with Gasteiger partial charge < -0.3 is 5.32 Å². The van der Waals surface area contributed by atoms with Gasteiger partial charge in [-0.2, -0.15) is 4.31 Å². The fourth-order valence-electron chi connectivity index (χ4n) is 3.51. The lowest BCUT2D eigenvalue weighted by Crippen LogP contribution is -2.41. The first-order valence-corrected chi connectivity index (χ1v) is 12.1. The highest BCUT2D eigenvalue weighted by molar-refractivity contribution is 7.89. The topological polar surface area (TPSA) is 79.4 Å². The van der Waals surface area contributed by atoms with Gasteiger partial charge in [0.1, 0.15) is 9.88 Å². The third-order valence-corrected chi connectivity index (χ3v) is 8.21. The number of aromatic nitrogens is 1. The van der Waals surface area contributed by atoms with E-state index in [1.807, 2.05) is 30.3 Å². The van der Waals surface area contributed by atoms with Crippen molar-refractivity contribution in [1.82, 2.24) is 14.6 Å². The van der Waals surface area contributed by atoms with Crippen molar-refractivity contribution >= 4 is 27.3 Å². The Labute approximate surface area is 180 Å². The Morgan fingerprint density at radius 1 is 1.03 bits per heavy atom. The fourth-order valence-corrected chi connectivity index (χ4v) is 5.84. The molecule has 0 atom stereocenters. The van der Waals surface area contributed by atoms with E-state index in [0.717, 1.165) is 23.4 Å². The summed E-state index contributed by atoms with van der Waals surface area (Å²) in [6, 6.07) is 18.3. The summed E-state index contributed by atoms with van der Waals surface area (Å²) in [5.41, 5.74) is 0.994. The number of nitrogens with one attached hydrogen (secondary N) is 1. The minimum absolute atomic E-state index is 0.131. The van der Waals surface area contributed by atoms with Crippen LogP contribution in [0.2, 0.25) is 0 Å². The minimum atomic E-state index is -3.44. The molecule has 1 amide bonds. The molecule has 1 aliphatic rings. The van der Waals surface area contributed by atoms with Crippen molar-refractivity contribution in [1.29, 1.82) is 0 Å². The number of hydrogen-bond acceptors (Lipinski definition) is 5. The minimum Gasteiger partial charge on any atom is -0.351 e. The van der Waals surface area contributed by atoms with Crippen LogP contribution < -0.4 is 5.32 Å². The first-order chi connectivity index (χ1) is 14.5. The van der Waals surface area contributed by atoms with Crippen LogP contribution >= 0.6 is 11.3 Å². The van der Waals surface area contributed by atoms with Gasteiger partial charge in [0, 0.05) is 25.2 Å². The van der Waals surface area contributed by atoms with Crippen LogP contribution in [0.4, 0.5) is 0 Å². The Kier molecular flexibility index (Phi) is 6.26. The average Bonchev–Trinajstić information content (AvgIpc) is 3.29. The molecule has 0 saturated carbocycles. The first kappa shape index (κ1) is 20.7. The Balaban J connectivity index is 1.29. The molecule has 1 aromatic heterocycles. The predicted octanol–water partition coefficient (Wildman–Crippen LogP) is 3.64. The van der Waals surface area contributed by atoms with Crippen LogP contribution in [0.1, 0.15) is 22.5 Å². The second kappa shape index (κ2) is 9.07. The fraction of sp³-hybridized carbons (Fsp3) is 0.273. The quantitative estimate of drug-likeness (QED) is 0.633. The summed E-state index contributed by atoms with van der Waals surface area (Å²) < 4.78 is 27.0. The summed E-state index contributed by atoms with van der Waals surface area (Å²) in [5, 5.41) is 3.80. The van der Waals surface area contributed by atoms with E-state index in [1.54, 1.807) is 36.5 Å². The number of carbonyl (C=O) groups excluding carboxylic acids is 1. The molecule has 1 aliphatic heterocycles. The molecule has 1 N–H and O–H groups in total. The van der Waals surface area contributed by atoms with Gasteiger partial charge >= 0.3 is 0 Å². The van der Waals surface area contributed by atoms with Crippen molar-refractivity contribution in [2.24, 2.45) is 5.92 Å². The molecule has 6 nitrogen and oxygen atoms in total. The molecule has 0 unspecified atom stereocenters. The van der Waals surface area contributed by atoms with Crippen LogP contribution in [-0.4, -0.2) is 43.2 Å². The number of amides is 1. The molecule has 3 aromatic rings. The Morgan fingerprint density at radius 3 is 2.33 bits per heavy atom. The van der Waals surface area contributed by atoms with Crippen molar-refractivity contribution in [3.05, 3.63) is 71.7 Å². The molecule has 0 aliphatic carbocycles. The lowest BCUT2D eigenvalue weighted by molar-refractivity contribution is 0.0945. The standard InChI is InChI=1S/C22H23N3O3S2/c26-21(20-16-24-22(29-20)18-7-3-1-4-8-18)23-15-17-11-13-25(14-12-17)30(27,28)19-9-5-2-6-10-19/h1-10,16-17H,11-15H2,(H,23,26). The van der Waals surface area contributed by atoms with Gasteiger partial charge in [-0.3, -0.25) is 4.79 Å². The third-order valence-electron chi connectivity index (χ3n) is 5.26. The van der Waals surface area contributed by atoms with E-state index in [4.69, 9.17) is 0 Å². The van der Waals surface area contributed by atoms with E-state index in [1.165, 1.54) is 15.6 Å². The molecule has 1 fully saturated rings. The molecule has 156 valence electrons. The number of benzene rings is 2. The van der Waals surface area contributed by atoms with Gasteiger partial charge in [0.15, 0.2) is 0 Å². The molecule has 1 saturated heterocycles. The zero-order valence-corrected chi connectivity index (χ0v) is 18.0. The second-order valence-corrected chi connectivity index (χ2v) is 10.2. The zero-order chi connectivity index (χ0) is 21.0. The molecule has 2 heterocycles. The van der Waals surface area contributed by atoms with Gasteiger partial charge in [0.2, 0.25) is 10.0 Å². The highest BCUT2D eigenvalue weighted by Gasteiger charge is 2.29. The Bertz CT molecular complexity index is 1090. The number of sulfonamides is 1. The van der Waals surface area contributed by atoms with Gasteiger partial charge in [-0.1, -0.05) is 48.5 Å². The summed E-state index contributed by atoms with van der Waals surface area (Å²) in [6.07, 6.45) is 3.06. The number of nitrogens with zero attached hydrogens (tertiary/aromatic N) is 2. The Morgan fingerprint density at radius 2 is 1.67 bits per heavy atom. The largest absolute Gasteiger partial charge is 0.351 e. The van der Waals surface area contributed by atoms with E-state index in [-0.39, 0.29) is 11.8 Å². The number of thiazole rings is 1. The van der Waals surface area contributed by atoms with Gasteiger partial charge in [0.25, 0.3) is 5.91 Å². The first-order valence-electron chi connectivity index (χ1n) is 9.89. The summed E-state index contributed by atoms with van der Waals surface area (Å²) in [4.78, 5) is 17.8. The number of carbonyl (C=O) groups is 1. The maximum absolute atomic E-state index is 12.7. The molecule has 30 heavy (non-hydrogen) atoms. The van der Waals surface area contributed by atoms with Crippen LogP contribution in [0, 0.1) is 5.92 Å². The molecule has 2 aromatic carbocycles. The monoisotopic (exact) mass is 441 g/mol. The van der Waals surface area contributed by atoms with Gasteiger partial charge in [-0.15, -0.1) is 11.3 Å². The molecule has 8 heteroatoms. The van der Waals surface area contributed by atoms with Gasteiger partial charge in [-0.25, -0.2) is 13.4 Å². The number of hydrogen-bond donors (Lipinski definition) is 1. The molecule has 4 rings (SSSR count). The van der Waals surface area contributed by atoms with Crippen LogP contribution in [0.15, 0.2) is 71.8 Å². The van der Waals surface area contributed by atoms with E-state index in [9.17, 15) is 13.2 Å². The Hall–Kier alpha value is -2.55. The van der Waals surface area contributed by atoms with Gasteiger partial charge in [-0.05, 0) is 30.9 Å². The van der Waals surface area contributed by atoms with E-state index in [0.29, 0.717) is 29.4 Å². The number of rotatable bonds is 6. The lowest BCUT2D eigenvalue weighted by Gasteiger charge is -2.31. The molecule has 0 radical (unpaired) electrons. The maximum Gasteiger partial charge on any atom is 0.263 e. The van der Waals surface area contributed by atoms with Crippen LogP contribution in [0.3, 0.4) is 0 Å². The second-order valence-electron chi connectivity index (χ2n) is 7.27. The maximum atomic E-state index is 12.7. The molecule has 0 spiro atoms. The zero-order valence-electron chi connectivity index (χ0n) is 16.4. The average molecular weight is 442 g/mol. The van der Waals surface area contributed by atoms with Crippen molar-refractivity contribution in [2.45, 2.75) is 17.7 Å². The molecule has 0 bridgehead atoms. The van der Waals surface area contributed by atoms with Crippen molar-refractivity contribution in [3.8, 4) is 10.6 Å². The van der Waals surface area contributed by atoms with Crippen molar-refractivity contribution < 1.29 is 13.2 Å². The molecular formula is C22H23N3O3S2. The van der Waals surface area contributed by atoms with Crippen molar-refractivity contribution in [3.63, 3.8) is 0 Å². The van der Waals surface area contributed by atoms with Gasteiger partial charge in [0.05, 0.1) is 11.1 Å². The van der Waals surface area contributed by atoms with Crippen LogP contribution in [0.5, 0.6) is 0 Å².